The summed E-state index contributed by atoms with van der Waals surface area (Å²) in [5, 5.41) is 12.5. The Morgan fingerprint density at radius 3 is 2.60 bits per heavy atom. The van der Waals surface area contributed by atoms with Crippen LogP contribution in [0.15, 0.2) is 41.2 Å². The van der Waals surface area contributed by atoms with Gasteiger partial charge in [0.2, 0.25) is 0 Å². The van der Waals surface area contributed by atoms with Gasteiger partial charge in [-0.25, -0.2) is 9.18 Å². The summed E-state index contributed by atoms with van der Waals surface area (Å²) in [4.78, 5) is 17.7. The van der Waals surface area contributed by atoms with Crippen molar-refractivity contribution < 1.29 is 14.3 Å². The highest BCUT2D eigenvalue weighted by atomic mass is 19.1. The summed E-state index contributed by atoms with van der Waals surface area (Å²) in [6.07, 6.45) is 7.97. The van der Waals surface area contributed by atoms with Gasteiger partial charge in [0.25, 0.3) is 0 Å². The van der Waals surface area contributed by atoms with Gasteiger partial charge in [0.1, 0.15) is 5.82 Å². The highest BCUT2D eigenvalue weighted by molar-refractivity contribution is 5.91. The second kappa shape index (κ2) is 7.27. The first-order valence-corrected chi connectivity index (χ1v) is 8.12. The molecule has 0 unspecified atom stereocenters. The number of nitrogens with zero attached hydrogens (tertiary/aromatic N) is 5. The SMILES string of the molecule is [N-]=[N+]=Nc1cc(N2CCCCC2)c(N2C=CC(C(=O)O)=CC2)cc1F. The van der Waals surface area contributed by atoms with Crippen molar-refractivity contribution in [2.45, 2.75) is 19.3 Å². The van der Waals surface area contributed by atoms with Gasteiger partial charge in [-0.2, -0.15) is 0 Å². The molecule has 0 atom stereocenters. The van der Waals surface area contributed by atoms with Gasteiger partial charge in [-0.05, 0) is 36.9 Å². The summed E-state index contributed by atoms with van der Waals surface area (Å²) in [6.45, 7) is 2.03. The minimum atomic E-state index is -0.989. The van der Waals surface area contributed by atoms with E-state index in [4.69, 9.17) is 10.6 Å². The first-order chi connectivity index (χ1) is 12.1. The normalized spacial score (nSPS) is 17.1. The summed E-state index contributed by atoms with van der Waals surface area (Å²) >= 11 is 0. The van der Waals surface area contributed by atoms with E-state index in [0.29, 0.717) is 12.2 Å². The molecule has 2 aliphatic heterocycles. The van der Waals surface area contributed by atoms with Crippen molar-refractivity contribution in [2.24, 2.45) is 5.11 Å². The van der Waals surface area contributed by atoms with E-state index in [1.807, 2.05) is 0 Å². The fourth-order valence-electron chi connectivity index (χ4n) is 3.12. The van der Waals surface area contributed by atoms with Crippen molar-refractivity contribution in [1.29, 1.82) is 0 Å². The third kappa shape index (κ3) is 3.59. The smallest absolute Gasteiger partial charge is 0.335 e. The number of hydrogen-bond acceptors (Lipinski definition) is 4. The van der Waals surface area contributed by atoms with E-state index in [9.17, 15) is 9.18 Å². The molecule has 3 rings (SSSR count). The maximum atomic E-state index is 14.3. The fraction of sp³-hybridized carbons (Fsp3) is 0.353. The molecule has 1 fully saturated rings. The largest absolute Gasteiger partial charge is 0.478 e. The second-order valence-electron chi connectivity index (χ2n) is 5.96. The lowest BCUT2D eigenvalue weighted by Gasteiger charge is -2.34. The quantitative estimate of drug-likeness (QED) is 0.506. The van der Waals surface area contributed by atoms with Gasteiger partial charge < -0.3 is 14.9 Å². The second-order valence-corrected chi connectivity index (χ2v) is 5.96. The Hall–Kier alpha value is -2.99. The number of benzene rings is 1. The highest BCUT2D eigenvalue weighted by Crippen LogP contribution is 2.38. The van der Waals surface area contributed by atoms with Crippen molar-refractivity contribution in [3.05, 3.63) is 52.3 Å². The fourth-order valence-corrected chi connectivity index (χ4v) is 3.12. The van der Waals surface area contributed by atoms with Crippen molar-refractivity contribution in [2.75, 3.05) is 29.4 Å². The molecule has 130 valence electrons. The minimum absolute atomic E-state index is 0.0328. The summed E-state index contributed by atoms with van der Waals surface area (Å²) in [7, 11) is 0. The molecule has 1 N–H and O–H groups in total. The van der Waals surface area contributed by atoms with Gasteiger partial charge >= 0.3 is 5.97 Å². The zero-order valence-corrected chi connectivity index (χ0v) is 13.6. The predicted octanol–water partition coefficient (Wildman–Crippen LogP) is 4.10. The first kappa shape index (κ1) is 16.9. The van der Waals surface area contributed by atoms with Crippen LogP contribution in [0.4, 0.5) is 21.5 Å². The Bertz CT molecular complexity index is 792. The molecule has 2 aliphatic rings. The van der Waals surface area contributed by atoms with Gasteiger partial charge in [-0.3, -0.25) is 0 Å². The van der Waals surface area contributed by atoms with Crippen LogP contribution in [0.1, 0.15) is 19.3 Å². The number of hydrogen-bond donors (Lipinski definition) is 1. The van der Waals surface area contributed by atoms with Gasteiger partial charge in [0.15, 0.2) is 0 Å². The molecular weight excluding hydrogens is 325 g/mol. The average Bonchev–Trinajstić information content (AvgIpc) is 2.64. The first-order valence-electron chi connectivity index (χ1n) is 8.12. The molecule has 0 spiro atoms. The number of anilines is 2. The molecule has 1 aromatic rings. The molecule has 0 bridgehead atoms. The monoisotopic (exact) mass is 343 g/mol. The molecule has 0 radical (unpaired) electrons. The molecule has 0 aromatic heterocycles. The van der Waals surface area contributed by atoms with Crippen LogP contribution in [0.2, 0.25) is 0 Å². The number of azide groups is 1. The van der Waals surface area contributed by atoms with Gasteiger partial charge in [-0.15, -0.1) is 0 Å². The molecular formula is C17H18FN5O2. The van der Waals surface area contributed by atoms with Crippen LogP contribution < -0.4 is 9.80 Å². The van der Waals surface area contributed by atoms with Crippen LogP contribution in [-0.2, 0) is 4.79 Å². The van der Waals surface area contributed by atoms with Crippen LogP contribution in [0.25, 0.3) is 10.4 Å². The van der Waals surface area contributed by atoms with E-state index in [1.54, 1.807) is 23.2 Å². The number of carboxylic acid groups (broad SMARTS) is 1. The number of carboxylic acids is 1. The predicted molar refractivity (Wildman–Crippen MR) is 93.5 cm³/mol. The van der Waals surface area contributed by atoms with Crippen LogP contribution in [0, 0.1) is 5.82 Å². The van der Waals surface area contributed by atoms with Crippen LogP contribution >= 0.6 is 0 Å². The molecule has 2 heterocycles. The Balaban J connectivity index is 2.00. The van der Waals surface area contributed by atoms with Crippen LogP contribution in [-0.4, -0.2) is 30.7 Å². The summed E-state index contributed by atoms with van der Waals surface area (Å²) in [5.41, 5.74) is 10.2. The van der Waals surface area contributed by atoms with E-state index >= 15 is 0 Å². The van der Waals surface area contributed by atoms with Gasteiger partial charge in [-0.1, -0.05) is 11.2 Å². The molecule has 7 nitrogen and oxygen atoms in total. The van der Waals surface area contributed by atoms with Crippen molar-refractivity contribution in [1.82, 2.24) is 0 Å². The molecule has 8 heteroatoms. The molecule has 0 aliphatic carbocycles. The van der Waals surface area contributed by atoms with Crippen LogP contribution in [0.3, 0.4) is 0 Å². The molecule has 1 saturated heterocycles. The third-order valence-corrected chi connectivity index (χ3v) is 4.39. The highest BCUT2D eigenvalue weighted by Gasteiger charge is 2.21. The molecule has 0 amide bonds. The zero-order chi connectivity index (χ0) is 17.8. The standard InChI is InChI=1S/C17H18FN5O2/c18-13-10-15(23-8-4-12(5-9-23)17(24)25)16(11-14(13)20-21-19)22-6-2-1-3-7-22/h4-5,8,10-11H,1-3,6-7,9H2,(H,24,25). The Kier molecular flexibility index (Phi) is 4.90. The average molecular weight is 343 g/mol. The maximum absolute atomic E-state index is 14.3. The van der Waals surface area contributed by atoms with Gasteiger partial charge in [0, 0.05) is 36.8 Å². The topological polar surface area (TPSA) is 92.5 Å². The molecule has 0 saturated carbocycles. The summed E-state index contributed by atoms with van der Waals surface area (Å²) < 4.78 is 14.3. The van der Waals surface area contributed by atoms with Crippen molar-refractivity contribution in [3.8, 4) is 0 Å². The van der Waals surface area contributed by atoms with Crippen molar-refractivity contribution in [3.63, 3.8) is 0 Å². The maximum Gasteiger partial charge on any atom is 0.335 e. The van der Waals surface area contributed by atoms with E-state index in [-0.39, 0.29) is 11.3 Å². The summed E-state index contributed by atoms with van der Waals surface area (Å²) in [6, 6.07) is 2.91. The lowest BCUT2D eigenvalue weighted by Crippen LogP contribution is -2.31. The van der Waals surface area contributed by atoms with E-state index in [0.717, 1.165) is 38.0 Å². The number of aliphatic carboxylic acids is 1. The molecule has 1 aromatic carbocycles. The number of piperidine rings is 1. The number of halogens is 1. The van der Waals surface area contributed by atoms with E-state index < -0.39 is 11.8 Å². The lowest BCUT2D eigenvalue weighted by atomic mass is 10.1. The van der Waals surface area contributed by atoms with Crippen LogP contribution in [0.5, 0.6) is 0 Å². The summed E-state index contributed by atoms with van der Waals surface area (Å²) in [5.74, 6) is -1.59. The number of carbonyl (C=O) groups is 1. The zero-order valence-electron chi connectivity index (χ0n) is 13.6. The Morgan fingerprint density at radius 1 is 1.24 bits per heavy atom. The number of rotatable bonds is 4. The third-order valence-electron chi connectivity index (χ3n) is 4.39. The Morgan fingerprint density at radius 2 is 2.00 bits per heavy atom. The molecule has 25 heavy (non-hydrogen) atoms. The van der Waals surface area contributed by atoms with Crippen molar-refractivity contribution >= 4 is 23.0 Å². The van der Waals surface area contributed by atoms with E-state index in [2.05, 4.69) is 14.9 Å². The lowest BCUT2D eigenvalue weighted by molar-refractivity contribution is -0.132. The Labute approximate surface area is 144 Å². The van der Waals surface area contributed by atoms with E-state index in [1.165, 1.54) is 12.1 Å². The van der Waals surface area contributed by atoms with Gasteiger partial charge in [0.05, 0.1) is 22.6 Å². The minimum Gasteiger partial charge on any atom is -0.478 e.